The van der Waals surface area contributed by atoms with Gasteiger partial charge in [0, 0.05) is 18.5 Å². The van der Waals surface area contributed by atoms with Crippen molar-refractivity contribution in [2.45, 2.75) is 123 Å². The Balaban J connectivity index is 2.08. The Morgan fingerprint density at radius 1 is 0.951 bits per heavy atom. The summed E-state index contributed by atoms with van der Waals surface area (Å²) in [7, 11) is 0. The van der Waals surface area contributed by atoms with Crippen LogP contribution in [-0.2, 0) is 20.7 Å². The average Bonchev–Trinajstić information content (AvgIpc) is 2.91. The van der Waals surface area contributed by atoms with Crippen LogP contribution in [0.5, 0.6) is 0 Å². The van der Waals surface area contributed by atoms with Crippen LogP contribution in [0.4, 0.5) is 4.79 Å². The van der Waals surface area contributed by atoms with Crippen molar-refractivity contribution in [3.63, 3.8) is 0 Å². The van der Waals surface area contributed by atoms with Crippen molar-refractivity contribution in [2.75, 3.05) is 0 Å². The first-order valence-electron chi connectivity index (χ1n) is 15.1. The summed E-state index contributed by atoms with van der Waals surface area (Å²) in [5, 5.41) is 6.15. The van der Waals surface area contributed by atoms with Crippen LogP contribution in [0.3, 0.4) is 0 Å². The first kappa shape index (κ1) is 32.2. The number of hydrogen-bond donors (Lipinski definition) is 2. The lowest BCUT2D eigenvalue weighted by Gasteiger charge is -2.40. The van der Waals surface area contributed by atoms with Crippen molar-refractivity contribution in [3.05, 3.63) is 70.8 Å². The first-order valence-corrected chi connectivity index (χ1v) is 15.1. The number of carbonyl (C=O) groups excluding carboxylic acids is 3. The molecule has 7 heteroatoms. The smallest absolute Gasteiger partial charge is 0.408 e. The fraction of sp³-hybridized carbons (Fsp3) is 0.559. The fourth-order valence-corrected chi connectivity index (χ4v) is 5.66. The SMILES string of the molecule is CCC(C)N(C(=O)C(Cc1ccccc1)NC(=O)OC(C)(C)C)C(C(=O)NC1CCCCC1)c1c(C)cccc1C. The van der Waals surface area contributed by atoms with Gasteiger partial charge in [0.15, 0.2) is 0 Å². The fourth-order valence-electron chi connectivity index (χ4n) is 5.66. The van der Waals surface area contributed by atoms with Crippen LogP contribution in [0.1, 0.15) is 101 Å². The molecule has 0 radical (unpaired) electrons. The van der Waals surface area contributed by atoms with E-state index in [1.165, 1.54) is 6.42 Å². The molecule has 3 rings (SSSR count). The van der Waals surface area contributed by atoms with E-state index >= 15 is 0 Å². The molecule has 0 spiro atoms. The summed E-state index contributed by atoms with van der Waals surface area (Å²) in [6.07, 6.45) is 5.51. The standard InChI is InChI=1S/C34H49N3O4/c1-8-25(4)37(32(39)28(22-26-18-11-9-12-19-26)36-33(40)41-34(5,6)7)30(29-23(2)16-15-17-24(29)3)31(38)35-27-20-13-10-14-21-27/h9,11-12,15-19,25,27-28,30H,8,10,13-14,20-22H2,1-7H3,(H,35,38)(H,36,40). The minimum Gasteiger partial charge on any atom is -0.444 e. The van der Waals surface area contributed by atoms with Crippen LogP contribution in [0.2, 0.25) is 0 Å². The molecule has 3 atom stereocenters. The molecule has 2 aromatic rings. The summed E-state index contributed by atoms with van der Waals surface area (Å²) >= 11 is 0. The van der Waals surface area contributed by atoms with Crippen molar-refractivity contribution in [2.24, 2.45) is 0 Å². The zero-order chi connectivity index (χ0) is 30.2. The normalized spacial score (nSPS) is 16.3. The van der Waals surface area contributed by atoms with Crippen molar-refractivity contribution in [1.82, 2.24) is 15.5 Å². The van der Waals surface area contributed by atoms with Gasteiger partial charge in [0.2, 0.25) is 11.8 Å². The van der Waals surface area contributed by atoms with Crippen LogP contribution < -0.4 is 10.6 Å². The van der Waals surface area contributed by atoms with Gasteiger partial charge < -0.3 is 20.3 Å². The van der Waals surface area contributed by atoms with E-state index < -0.39 is 23.8 Å². The molecule has 0 aromatic heterocycles. The van der Waals surface area contributed by atoms with E-state index in [2.05, 4.69) is 10.6 Å². The van der Waals surface area contributed by atoms with Gasteiger partial charge in [-0.05, 0) is 83.1 Å². The number of aryl methyl sites for hydroxylation is 2. The highest BCUT2D eigenvalue weighted by atomic mass is 16.6. The first-order chi connectivity index (χ1) is 19.4. The molecule has 3 unspecified atom stereocenters. The topological polar surface area (TPSA) is 87.7 Å². The molecule has 0 bridgehead atoms. The lowest BCUT2D eigenvalue weighted by atomic mass is 9.90. The molecule has 0 saturated heterocycles. The summed E-state index contributed by atoms with van der Waals surface area (Å²) < 4.78 is 5.55. The third-order valence-corrected chi connectivity index (χ3v) is 7.89. The maximum Gasteiger partial charge on any atom is 0.408 e. The Morgan fingerprint density at radius 3 is 2.12 bits per heavy atom. The summed E-state index contributed by atoms with van der Waals surface area (Å²) in [6, 6.07) is 13.6. The highest BCUT2D eigenvalue weighted by molar-refractivity contribution is 5.93. The number of ether oxygens (including phenoxy) is 1. The van der Waals surface area contributed by atoms with Crippen molar-refractivity contribution in [3.8, 4) is 0 Å². The van der Waals surface area contributed by atoms with Gasteiger partial charge in [0.25, 0.3) is 0 Å². The second-order valence-electron chi connectivity index (χ2n) is 12.4. The number of nitrogens with zero attached hydrogens (tertiary/aromatic N) is 1. The summed E-state index contributed by atoms with van der Waals surface area (Å²) in [4.78, 5) is 43.6. The van der Waals surface area contributed by atoms with E-state index in [0.717, 1.165) is 47.9 Å². The summed E-state index contributed by atoms with van der Waals surface area (Å²) in [6.45, 7) is 13.3. The van der Waals surface area contributed by atoms with Gasteiger partial charge >= 0.3 is 6.09 Å². The number of amides is 3. The van der Waals surface area contributed by atoms with E-state index in [0.29, 0.717) is 6.42 Å². The van der Waals surface area contributed by atoms with E-state index in [9.17, 15) is 14.4 Å². The number of rotatable bonds is 10. The highest BCUT2D eigenvalue weighted by Gasteiger charge is 2.40. The molecule has 3 amide bonds. The Labute approximate surface area is 246 Å². The minimum atomic E-state index is -0.921. The molecule has 2 N–H and O–H groups in total. The van der Waals surface area contributed by atoms with Crippen LogP contribution in [0.25, 0.3) is 0 Å². The molecular formula is C34H49N3O4. The Bertz CT molecular complexity index is 1150. The third kappa shape index (κ3) is 9.07. The van der Waals surface area contributed by atoms with Gasteiger partial charge in [-0.15, -0.1) is 0 Å². The Morgan fingerprint density at radius 2 is 1.56 bits per heavy atom. The molecule has 7 nitrogen and oxygen atoms in total. The van der Waals surface area contributed by atoms with Gasteiger partial charge in [-0.1, -0.05) is 74.7 Å². The number of hydrogen-bond acceptors (Lipinski definition) is 4. The molecule has 0 heterocycles. The maximum absolute atomic E-state index is 14.7. The van der Waals surface area contributed by atoms with E-state index in [1.54, 1.807) is 25.7 Å². The number of carbonyl (C=O) groups is 3. The molecule has 41 heavy (non-hydrogen) atoms. The zero-order valence-electron chi connectivity index (χ0n) is 26.0. The van der Waals surface area contributed by atoms with Crippen molar-refractivity contribution in [1.29, 1.82) is 0 Å². The number of alkyl carbamates (subject to hydrolysis) is 1. The number of nitrogens with one attached hydrogen (secondary N) is 2. The largest absolute Gasteiger partial charge is 0.444 e. The molecule has 1 aliphatic rings. The molecule has 1 saturated carbocycles. The quantitative estimate of drug-likeness (QED) is 0.343. The Hall–Kier alpha value is -3.35. The minimum absolute atomic E-state index is 0.0944. The molecule has 2 aromatic carbocycles. The predicted molar refractivity (Wildman–Crippen MR) is 164 cm³/mol. The average molecular weight is 564 g/mol. The second kappa shape index (κ2) is 14.5. The maximum atomic E-state index is 14.7. The van der Waals surface area contributed by atoms with Gasteiger partial charge in [-0.25, -0.2) is 4.79 Å². The number of benzene rings is 2. The van der Waals surface area contributed by atoms with Gasteiger partial charge in [0.05, 0.1) is 0 Å². The predicted octanol–water partition coefficient (Wildman–Crippen LogP) is 6.56. The van der Waals surface area contributed by atoms with E-state index in [-0.39, 0.29) is 30.3 Å². The van der Waals surface area contributed by atoms with Gasteiger partial charge in [-0.2, -0.15) is 0 Å². The lowest BCUT2D eigenvalue weighted by molar-refractivity contribution is -0.145. The molecule has 1 aliphatic carbocycles. The molecular weight excluding hydrogens is 514 g/mol. The Kier molecular flexibility index (Phi) is 11.4. The summed E-state index contributed by atoms with van der Waals surface area (Å²) in [5.41, 5.74) is 2.93. The van der Waals surface area contributed by atoms with Crippen LogP contribution in [-0.4, -0.2) is 46.5 Å². The second-order valence-corrected chi connectivity index (χ2v) is 12.4. The molecule has 0 aliphatic heterocycles. The van der Waals surface area contributed by atoms with Crippen LogP contribution in [0, 0.1) is 13.8 Å². The van der Waals surface area contributed by atoms with Crippen LogP contribution >= 0.6 is 0 Å². The zero-order valence-corrected chi connectivity index (χ0v) is 26.0. The van der Waals surface area contributed by atoms with E-state index in [1.807, 2.05) is 76.2 Å². The van der Waals surface area contributed by atoms with Gasteiger partial charge in [0.1, 0.15) is 17.7 Å². The molecule has 224 valence electrons. The monoisotopic (exact) mass is 563 g/mol. The van der Waals surface area contributed by atoms with Gasteiger partial charge in [-0.3, -0.25) is 9.59 Å². The van der Waals surface area contributed by atoms with E-state index in [4.69, 9.17) is 4.74 Å². The third-order valence-electron chi connectivity index (χ3n) is 7.89. The lowest BCUT2D eigenvalue weighted by Crippen LogP contribution is -2.57. The van der Waals surface area contributed by atoms with Crippen molar-refractivity contribution < 1.29 is 19.1 Å². The van der Waals surface area contributed by atoms with Crippen LogP contribution in [0.15, 0.2) is 48.5 Å². The van der Waals surface area contributed by atoms with Crippen molar-refractivity contribution >= 4 is 17.9 Å². The highest BCUT2D eigenvalue weighted by Crippen LogP contribution is 2.32. The summed E-state index contributed by atoms with van der Waals surface area (Å²) in [5.74, 6) is -0.473. The molecule has 1 fully saturated rings.